The van der Waals surface area contributed by atoms with Gasteiger partial charge in [0.1, 0.15) is 0 Å². The molecule has 1 aliphatic heterocycles. The van der Waals surface area contributed by atoms with Crippen molar-refractivity contribution in [1.82, 2.24) is 4.90 Å². The number of unbranched alkanes of at least 4 members (excludes halogenated alkanes) is 7. The monoisotopic (exact) mass is 257 g/mol. The lowest BCUT2D eigenvalue weighted by atomic mass is 10.0. The van der Waals surface area contributed by atoms with Crippen LogP contribution in [0.15, 0.2) is 0 Å². The van der Waals surface area contributed by atoms with E-state index in [1.807, 2.05) is 0 Å². The summed E-state index contributed by atoms with van der Waals surface area (Å²) in [6, 6.07) is 0.553. The van der Waals surface area contributed by atoms with Crippen molar-refractivity contribution in [2.45, 2.75) is 70.8 Å². The summed E-state index contributed by atoms with van der Waals surface area (Å²) < 4.78 is 5.46. The molecule has 0 aliphatic carbocycles. The highest BCUT2D eigenvalue weighted by molar-refractivity contribution is 4.73. The van der Waals surface area contributed by atoms with E-state index < -0.39 is 0 Å². The number of nitrogens with zero attached hydrogens (tertiary/aromatic N) is 1. The number of ether oxygens (including phenoxy) is 1. The van der Waals surface area contributed by atoms with Crippen LogP contribution in [0.1, 0.15) is 64.7 Å². The average molecular weight is 257 g/mol. The molecule has 0 aromatic carbocycles. The first-order valence-corrected chi connectivity index (χ1v) is 7.81. The van der Waals surface area contributed by atoms with Gasteiger partial charge in [-0.2, -0.15) is 0 Å². The Morgan fingerprint density at radius 2 is 1.72 bits per heavy atom. The first-order chi connectivity index (χ1) is 8.88. The van der Waals surface area contributed by atoms with Gasteiger partial charge >= 0.3 is 0 Å². The molecule has 0 amide bonds. The van der Waals surface area contributed by atoms with Gasteiger partial charge in [-0.15, -0.1) is 0 Å². The summed E-state index contributed by atoms with van der Waals surface area (Å²) in [5.74, 6) is 0. The zero-order chi connectivity index (χ0) is 13.1. The van der Waals surface area contributed by atoms with Crippen LogP contribution in [0, 0.1) is 0 Å². The van der Waals surface area contributed by atoms with Gasteiger partial charge < -0.3 is 9.84 Å². The highest BCUT2D eigenvalue weighted by atomic mass is 16.5. The second kappa shape index (κ2) is 10.8. The van der Waals surface area contributed by atoms with Crippen LogP contribution >= 0.6 is 0 Å². The smallest absolute Gasteiger partial charge is 0.0994 e. The second-order valence-electron chi connectivity index (χ2n) is 5.45. The third-order valence-electron chi connectivity index (χ3n) is 3.86. The third-order valence-corrected chi connectivity index (χ3v) is 3.86. The van der Waals surface area contributed by atoms with Gasteiger partial charge in [-0.3, -0.25) is 4.90 Å². The Kier molecular flexibility index (Phi) is 9.54. The predicted octanol–water partition coefficient (Wildman–Crippen LogP) is 3.17. The number of rotatable bonds is 11. The van der Waals surface area contributed by atoms with E-state index in [1.165, 1.54) is 57.8 Å². The Morgan fingerprint density at radius 1 is 1.06 bits per heavy atom. The fraction of sp³-hybridized carbons (Fsp3) is 1.00. The quantitative estimate of drug-likeness (QED) is 0.577. The summed E-state index contributed by atoms with van der Waals surface area (Å²) in [6.45, 7) is 4.85. The van der Waals surface area contributed by atoms with E-state index in [4.69, 9.17) is 9.84 Å². The summed E-state index contributed by atoms with van der Waals surface area (Å²) in [4.78, 5) is 2.27. The largest absolute Gasteiger partial charge is 0.395 e. The minimum absolute atomic E-state index is 0.247. The zero-order valence-corrected chi connectivity index (χ0v) is 12.1. The standard InChI is InChI=1S/C15H31NO2/c1-2-3-4-5-6-7-8-9-10-15-13-18-14-16(15)11-12-17/h15,17H,2-14H2,1H3. The first-order valence-electron chi connectivity index (χ1n) is 7.81. The van der Waals surface area contributed by atoms with Gasteiger partial charge in [-0.1, -0.05) is 58.3 Å². The number of hydrogen-bond donors (Lipinski definition) is 1. The third kappa shape index (κ3) is 6.72. The fourth-order valence-corrected chi connectivity index (χ4v) is 2.67. The molecule has 3 nitrogen and oxygen atoms in total. The molecule has 1 atom stereocenters. The molecule has 1 heterocycles. The number of aliphatic hydroxyl groups is 1. The molecule has 1 fully saturated rings. The molecule has 0 aromatic heterocycles. The molecule has 0 aromatic rings. The molecule has 0 bridgehead atoms. The van der Waals surface area contributed by atoms with Gasteiger partial charge in [0.15, 0.2) is 0 Å². The fourth-order valence-electron chi connectivity index (χ4n) is 2.67. The number of hydrogen-bond acceptors (Lipinski definition) is 3. The molecule has 1 saturated heterocycles. The van der Waals surface area contributed by atoms with Crippen molar-refractivity contribution in [2.75, 3.05) is 26.5 Å². The molecule has 0 radical (unpaired) electrons. The van der Waals surface area contributed by atoms with Crippen molar-refractivity contribution in [2.24, 2.45) is 0 Å². The van der Waals surface area contributed by atoms with Crippen molar-refractivity contribution in [3.8, 4) is 0 Å². The SMILES string of the molecule is CCCCCCCCCCC1COCN1CCO. The summed E-state index contributed by atoms with van der Waals surface area (Å²) in [6.07, 6.45) is 12.2. The highest BCUT2D eigenvalue weighted by Crippen LogP contribution is 2.17. The van der Waals surface area contributed by atoms with Crippen molar-refractivity contribution in [3.63, 3.8) is 0 Å². The molecular weight excluding hydrogens is 226 g/mol. The minimum Gasteiger partial charge on any atom is -0.395 e. The van der Waals surface area contributed by atoms with Crippen LogP contribution in [0.4, 0.5) is 0 Å². The van der Waals surface area contributed by atoms with E-state index in [-0.39, 0.29) is 6.61 Å². The van der Waals surface area contributed by atoms with Crippen LogP contribution in [-0.4, -0.2) is 42.5 Å². The maximum absolute atomic E-state index is 8.96. The van der Waals surface area contributed by atoms with Crippen molar-refractivity contribution in [3.05, 3.63) is 0 Å². The molecule has 1 unspecified atom stereocenters. The van der Waals surface area contributed by atoms with E-state index in [0.717, 1.165) is 13.2 Å². The molecule has 108 valence electrons. The van der Waals surface area contributed by atoms with Crippen LogP contribution in [0.3, 0.4) is 0 Å². The Bertz CT molecular complexity index is 187. The van der Waals surface area contributed by atoms with Gasteiger partial charge in [0, 0.05) is 12.6 Å². The molecule has 1 aliphatic rings. The topological polar surface area (TPSA) is 32.7 Å². The van der Waals surface area contributed by atoms with E-state index in [1.54, 1.807) is 0 Å². The molecule has 18 heavy (non-hydrogen) atoms. The Hall–Kier alpha value is -0.120. The van der Waals surface area contributed by atoms with Gasteiger partial charge in [-0.05, 0) is 6.42 Å². The normalized spacial score (nSPS) is 20.7. The van der Waals surface area contributed by atoms with E-state index in [0.29, 0.717) is 12.8 Å². The number of β-amino-alcohol motifs (C(OH)–C–C–N with tert-alkyl or cyclic N) is 1. The zero-order valence-electron chi connectivity index (χ0n) is 12.1. The lowest BCUT2D eigenvalue weighted by Crippen LogP contribution is -2.33. The highest BCUT2D eigenvalue weighted by Gasteiger charge is 2.23. The Morgan fingerprint density at radius 3 is 2.39 bits per heavy atom. The van der Waals surface area contributed by atoms with Crippen LogP contribution in [0.2, 0.25) is 0 Å². The lowest BCUT2D eigenvalue weighted by molar-refractivity contribution is 0.119. The molecule has 0 spiro atoms. The summed E-state index contributed by atoms with van der Waals surface area (Å²) in [5.41, 5.74) is 0. The summed E-state index contributed by atoms with van der Waals surface area (Å²) in [7, 11) is 0. The molecular formula is C15H31NO2. The predicted molar refractivity (Wildman–Crippen MR) is 75.6 cm³/mol. The van der Waals surface area contributed by atoms with Crippen LogP contribution < -0.4 is 0 Å². The maximum Gasteiger partial charge on any atom is 0.0994 e. The van der Waals surface area contributed by atoms with Gasteiger partial charge in [-0.25, -0.2) is 0 Å². The van der Waals surface area contributed by atoms with Gasteiger partial charge in [0.25, 0.3) is 0 Å². The first kappa shape index (κ1) is 15.9. The van der Waals surface area contributed by atoms with Crippen LogP contribution in [0.25, 0.3) is 0 Å². The molecule has 3 heteroatoms. The van der Waals surface area contributed by atoms with E-state index >= 15 is 0 Å². The summed E-state index contributed by atoms with van der Waals surface area (Å²) in [5, 5.41) is 8.96. The van der Waals surface area contributed by atoms with Crippen molar-refractivity contribution in [1.29, 1.82) is 0 Å². The average Bonchev–Trinajstić information content (AvgIpc) is 2.81. The molecule has 1 N–H and O–H groups in total. The van der Waals surface area contributed by atoms with E-state index in [9.17, 15) is 0 Å². The van der Waals surface area contributed by atoms with Crippen LogP contribution in [0.5, 0.6) is 0 Å². The van der Waals surface area contributed by atoms with Gasteiger partial charge in [0.05, 0.1) is 19.9 Å². The maximum atomic E-state index is 8.96. The number of aliphatic hydroxyl groups excluding tert-OH is 1. The van der Waals surface area contributed by atoms with Crippen molar-refractivity contribution >= 4 is 0 Å². The van der Waals surface area contributed by atoms with Crippen LogP contribution in [-0.2, 0) is 4.74 Å². The van der Waals surface area contributed by atoms with E-state index in [2.05, 4.69) is 11.8 Å². The Balaban J connectivity index is 1.91. The Labute approximate surface area is 113 Å². The van der Waals surface area contributed by atoms with Gasteiger partial charge in [0.2, 0.25) is 0 Å². The second-order valence-corrected chi connectivity index (χ2v) is 5.45. The lowest BCUT2D eigenvalue weighted by Gasteiger charge is -2.20. The minimum atomic E-state index is 0.247. The molecule has 1 rings (SSSR count). The van der Waals surface area contributed by atoms with Crippen molar-refractivity contribution < 1.29 is 9.84 Å². The molecule has 0 saturated carbocycles. The summed E-state index contributed by atoms with van der Waals surface area (Å²) >= 11 is 0.